The average molecular weight is 205 g/mol. The number of anilines is 1. The molecule has 0 aliphatic carbocycles. The number of benzene rings is 1. The molecule has 0 radical (unpaired) electrons. The molecule has 0 bridgehead atoms. The lowest BCUT2D eigenvalue weighted by Gasteiger charge is -2.33. The Morgan fingerprint density at radius 1 is 1.33 bits per heavy atom. The number of fused-ring (bicyclic) bond motifs is 1. The van der Waals surface area contributed by atoms with Crippen LogP contribution in [0.5, 0.6) is 5.75 Å². The highest BCUT2D eigenvalue weighted by atomic mass is 16.5. The van der Waals surface area contributed by atoms with Crippen molar-refractivity contribution in [2.75, 3.05) is 11.9 Å². The van der Waals surface area contributed by atoms with Gasteiger partial charge in [0.1, 0.15) is 11.4 Å². The van der Waals surface area contributed by atoms with Gasteiger partial charge in [-0.1, -0.05) is 26.0 Å². The van der Waals surface area contributed by atoms with Crippen LogP contribution in [0, 0.1) is 5.92 Å². The summed E-state index contributed by atoms with van der Waals surface area (Å²) in [5.74, 6) is 1.50. The van der Waals surface area contributed by atoms with Crippen LogP contribution in [0.25, 0.3) is 0 Å². The highest BCUT2D eigenvalue weighted by Gasteiger charge is 2.32. The third-order valence-corrected chi connectivity index (χ3v) is 3.39. The predicted octanol–water partition coefficient (Wildman–Crippen LogP) is 3.30. The molecule has 2 rings (SSSR count). The van der Waals surface area contributed by atoms with Crippen LogP contribution in [0.15, 0.2) is 24.3 Å². The Labute approximate surface area is 91.6 Å². The molecule has 0 spiro atoms. The molecule has 82 valence electrons. The maximum Gasteiger partial charge on any atom is 0.143 e. The fraction of sp³-hybridized carbons (Fsp3) is 0.538. The molecule has 0 saturated heterocycles. The number of hydrogen-bond donors (Lipinski definition) is 1. The van der Waals surface area contributed by atoms with Gasteiger partial charge in [0.15, 0.2) is 0 Å². The number of rotatable bonds is 1. The fourth-order valence-corrected chi connectivity index (χ4v) is 1.86. The average Bonchev–Trinajstić information content (AvgIpc) is 2.36. The third kappa shape index (κ3) is 1.94. The van der Waals surface area contributed by atoms with E-state index in [1.54, 1.807) is 0 Å². The Balaban J connectivity index is 2.32. The maximum atomic E-state index is 6.14. The molecule has 0 aromatic heterocycles. The summed E-state index contributed by atoms with van der Waals surface area (Å²) >= 11 is 0. The zero-order chi connectivity index (χ0) is 10.9. The van der Waals surface area contributed by atoms with Gasteiger partial charge in [0, 0.05) is 13.0 Å². The van der Waals surface area contributed by atoms with Gasteiger partial charge in [-0.3, -0.25) is 0 Å². The molecular weight excluding hydrogens is 186 g/mol. The van der Waals surface area contributed by atoms with Gasteiger partial charge >= 0.3 is 0 Å². The third-order valence-electron chi connectivity index (χ3n) is 3.39. The van der Waals surface area contributed by atoms with Gasteiger partial charge in [-0.15, -0.1) is 0 Å². The van der Waals surface area contributed by atoms with E-state index >= 15 is 0 Å². The quantitative estimate of drug-likeness (QED) is 0.759. The van der Waals surface area contributed by atoms with E-state index in [4.69, 9.17) is 4.74 Å². The fourth-order valence-electron chi connectivity index (χ4n) is 1.86. The molecule has 15 heavy (non-hydrogen) atoms. The van der Waals surface area contributed by atoms with Gasteiger partial charge < -0.3 is 10.1 Å². The Morgan fingerprint density at radius 3 is 2.80 bits per heavy atom. The molecule has 1 aromatic carbocycles. The SMILES string of the molecule is CC(C)C1(C)CCNc2ccccc2O1. The predicted molar refractivity (Wildman–Crippen MR) is 63.4 cm³/mol. The summed E-state index contributed by atoms with van der Waals surface area (Å²) < 4.78 is 6.14. The molecule has 1 unspecified atom stereocenters. The van der Waals surface area contributed by atoms with Gasteiger partial charge in [-0.25, -0.2) is 0 Å². The first kappa shape index (κ1) is 10.3. The van der Waals surface area contributed by atoms with E-state index in [1.165, 1.54) is 0 Å². The molecule has 1 atom stereocenters. The second kappa shape index (κ2) is 3.76. The van der Waals surface area contributed by atoms with Crippen LogP contribution in [0.2, 0.25) is 0 Å². The van der Waals surface area contributed by atoms with E-state index in [1.807, 2.05) is 18.2 Å². The van der Waals surface area contributed by atoms with Gasteiger partial charge in [0.2, 0.25) is 0 Å². The van der Waals surface area contributed by atoms with Gasteiger partial charge in [-0.2, -0.15) is 0 Å². The molecule has 0 fully saturated rings. The number of nitrogens with one attached hydrogen (secondary N) is 1. The van der Waals surface area contributed by atoms with Crippen LogP contribution in [-0.2, 0) is 0 Å². The smallest absolute Gasteiger partial charge is 0.143 e. The molecule has 1 heterocycles. The molecule has 2 nitrogen and oxygen atoms in total. The lowest BCUT2D eigenvalue weighted by molar-refractivity contribution is 0.0394. The Kier molecular flexibility index (Phi) is 2.59. The van der Waals surface area contributed by atoms with Gasteiger partial charge in [0.05, 0.1) is 5.69 Å². The minimum absolute atomic E-state index is 0.0559. The molecular formula is C13H19NO. The van der Waals surface area contributed by atoms with Gasteiger partial charge in [0.25, 0.3) is 0 Å². The van der Waals surface area contributed by atoms with E-state index in [0.29, 0.717) is 5.92 Å². The van der Waals surface area contributed by atoms with Crippen LogP contribution >= 0.6 is 0 Å². The molecule has 2 heteroatoms. The Hall–Kier alpha value is -1.18. The highest BCUT2D eigenvalue weighted by Crippen LogP contribution is 2.35. The molecule has 0 saturated carbocycles. The lowest BCUT2D eigenvalue weighted by atomic mass is 9.89. The van der Waals surface area contributed by atoms with E-state index in [-0.39, 0.29) is 5.60 Å². The molecule has 1 aliphatic rings. The molecule has 1 aliphatic heterocycles. The van der Waals surface area contributed by atoms with E-state index in [2.05, 4.69) is 32.2 Å². The van der Waals surface area contributed by atoms with Gasteiger partial charge in [-0.05, 0) is 25.0 Å². The van der Waals surface area contributed by atoms with E-state index in [0.717, 1.165) is 24.4 Å². The molecule has 1 aromatic rings. The minimum atomic E-state index is -0.0559. The zero-order valence-electron chi connectivity index (χ0n) is 9.71. The summed E-state index contributed by atoms with van der Waals surface area (Å²) in [5, 5.41) is 3.41. The van der Waals surface area contributed by atoms with Crippen molar-refractivity contribution in [1.29, 1.82) is 0 Å². The van der Waals surface area contributed by atoms with Crippen molar-refractivity contribution >= 4 is 5.69 Å². The van der Waals surface area contributed by atoms with Crippen LogP contribution in [0.3, 0.4) is 0 Å². The van der Waals surface area contributed by atoms with Crippen LogP contribution < -0.4 is 10.1 Å². The Morgan fingerprint density at radius 2 is 2.07 bits per heavy atom. The van der Waals surface area contributed by atoms with Crippen molar-refractivity contribution in [2.24, 2.45) is 5.92 Å². The Bertz CT molecular complexity index is 348. The topological polar surface area (TPSA) is 21.3 Å². The second-order valence-electron chi connectivity index (χ2n) is 4.74. The van der Waals surface area contributed by atoms with Crippen LogP contribution in [-0.4, -0.2) is 12.1 Å². The first-order valence-corrected chi connectivity index (χ1v) is 5.64. The van der Waals surface area contributed by atoms with Crippen molar-refractivity contribution in [3.63, 3.8) is 0 Å². The molecule has 0 amide bonds. The number of ether oxygens (including phenoxy) is 1. The van der Waals surface area contributed by atoms with Crippen LogP contribution in [0.4, 0.5) is 5.69 Å². The zero-order valence-corrected chi connectivity index (χ0v) is 9.71. The summed E-state index contributed by atoms with van der Waals surface area (Å²) in [4.78, 5) is 0. The number of hydrogen-bond acceptors (Lipinski definition) is 2. The summed E-state index contributed by atoms with van der Waals surface area (Å²) in [6.45, 7) is 7.61. The summed E-state index contributed by atoms with van der Waals surface area (Å²) in [6.07, 6.45) is 1.04. The first-order chi connectivity index (χ1) is 7.12. The summed E-state index contributed by atoms with van der Waals surface area (Å²) in [5.41, 5.74) is 1.06. The van der Waals surface area contributed by atoms with Crippen molar-refractivity contribution in [3.8, 4) is 5.75 Å². The van der Waals surface area contributed by atoms with Crippen molar-refractivity contribution in [1.82, 2.24) is 0 Å². The summed E-state index contributed by atoms with van der Waals surface area (Å²) in [7, 11) is 0. The minimum Gasteiger partial charge on any atom is -0.485 e. The first-order valence-electron chi connectivity index (χ1n) is 5.64. The van der Waals surface area contributed by atoms with Crippen molar-refractivity contribution in [2.45, 2.75) is 32.8 Å². The summed E-state index contributed by atoms with van der Waals surface area (Å²) in [6, 6.07) is 8.16. The van der Waals surface area contributed by atoms with E-state index in [9.17, 15) is 0 Å². The lowest BCUT2D eigenvalue weighted by Crippen LogP contribution is -2.38. The second-order valence-corrected chi connectivity index (χ2v) is 4.74. The van der Waals surface area contributed by atoms with Crippen molar-refractivity contribution in [3.05, 3.63) is 24.3 Å². The maximum absolute atomic E-state index is 6.14. The number of para-hydroxylation sites is 2. The molecule has 1 N–H and O–H groups in total. The van der Waals surface area contributed by atoms with E-state index < -0.39 is 0 Å². The standard InChI is InChI=1S/C13H19NO/c1-10(2)13(3)8-9-14-11-6-4-5-7-12(11)15-13/h4-7,10,14H,8-9H2,1-3H3. The van der Waals surface area contributed by atoms with Crippen molar-refractivity contribution < 1.29 is 4.74 Å². The monoisotopic (exact) mass is 205 g/mol. The van der Waals surface area contributed by atoms with Crippen LogP contribution in [0.1, 0.15) is 27.2 Å². The highest BCUT2D eigenvalue weighted by molar-refractivity contribution is 5.57. The normalized spacial score (nSPS) is 25.1. The largest absolute Gasteiger partial charge is 0.485 e.